The van der Waals surface area contributed by atoms with Gasteiger partial charge in [-0.25, -0.2) is 0 Å². The van der Waals surface area contributed by atoms with Crippen molar-refractivity contribution in [3.63, 3.8) is 0 Å². The van der Waals surface area contributed by atoms with Crippen LogP contribution in [-0.4, -0.2) is 15.3 Å². The second kappa shape index (κ2) is 4.35. The lowest BCUT2D eigenvalue weighted by Gasteiger charge is -2.15. The number of benzene rings is 2. The van der Waals surface area contributed by atoms with Crippen LogP contribution in [0.5, 0.6) is 11.5 Å². The van der Waals surface area contributed by atoms with E-state index in [0.717, 1.165) is 0 Å². The molecular formula is C13H13NO3. The minimum atomic E-state index is -1.07. The number of aliphatic hydroxyl groups is 1. The summed E-state index contributed by atoms with van der Waals surface area (Å²) in [4.78, 5) is 0. The third-order valence-corrected chi connectivity index (χ3v) is 2.60. The average Bonchev–Trinajstić information content (AvgIpc) is 2.32. The minimum Gasteiger partial charge on any atom is -0.508 e. The molecule has 2 rings (SSSR count). The lowest BCUT2D eigenvalue weighted by Crippen LogP contribution is -2.03. The Labute approximate surface area is 98.6 Å². The van der Waals surface area contributed by atoms with Crippen LogP contribution in [0.2, 0.25) is 0 Å². The molecule has 2 aromatic carbocycles. The van der Waals surface area contributed by atoms with Crippen LogP contribution < -0.4 is 5.73 Å². The molecule has 0 spiro atoms. The number of anilines is 1. The number of phenols is 2. The molecule has 0 amide bonds. The number of rotatable bonds is 2. The summed E-state index contributed by atoms with van der Waals surface area (Å²) in [5, 5.41) is 29.1. The Morgan fingerprint density at radius 3 is 2.35 bits per heavy atom. The Morgan fingerprint density at radius 2 is 1.65 bits per heavy atom. The third kappa shape index (κ3) is 2.16. The first kappa shape index (κ1) is 11.3. The molecule has 0 radical (unpaired) electrons. The van der Waals surface area contributed by atoms with Gasteiger partial charge in [0.25, 0.3) is 0 Å². The van der Waals surface area contributed by atoms with E-state index in [1.165, 1.54) is 24.3 Å². The van der Waals surface area contributed by atoms with E-state index in [-0.39, 0.29) is 11.5 Å². The number of aromatic hydroxyl groups is 2. The number of nitrogen functional groups attached to an aromatic ring is 1. The van der Waals surface area contributed by atoms with Gasteiger partial charge in [0, 0.05) is 16.8 Å². The van der Waals surface area contributed by atoms with Gasteiger partial charge >= 0.3 is 0 Å². The highest BCUT2D eigenvalue weighted by Crippen LogP contribution is 2.33. The topological polar surface area (TPSA) is 86.7 Å². The minimum absolute atomic E-state index is 0.0113. The molecule has 0 aliphatic rings. The highest BCUT2D eigenvalue weighted by molar-refractivity contribution is 5.54. The van der Waals surface area contributed by atoms with E-state index < -0.39 is 6.10 Å². The van der Waals surface area contributed by atoms with E-state index in [9.17, 15) is 15.3 Å². The summed E-state index contributed by atoms with van der Waals surface area (Å²) in [7, 11) is 0. The van der Waals surface area contributed by atoms with Gasteiger partial charge in [-0.15, -0.1) is 0 Å². The first-order chi connectivity index (χ1) is 8.09. The molecule has 2 aromatic rings. The van der Waals surface area contributed by atoms with Gasteiger partial charge in [0.2, 0.25) is 0 Å². The van der Waals surface area contributed by atoms with Crippen molar-refractivity contribution in [2.24, 2.45) is 0 Å². The molecule has 4 heteroatoms. The van der Waals surface area contributed by atoms with E-state index in [1.807, 2.05) is 0 Å². The Balaban J connectivity index is 2.47. The zero-order chi connectivity index (χ0) is 12.4. The summed E-state index contributed by atoms with van der Waals surface area (Å²) in [5.41, 5.74) is 6.80. The fourth-order valence-corrected chi connectivity index (χ4v) is 1.69. The van der Waals surface area contributed by atoms with Gasteiger partial charge in [-0.3, -0.25) is 0 Å². The van der Waals surface area contributed by atoms with Gasteiger partial charge in [-0.1, -0.05) is 18.2 Å². The number of phenolic OH excluding ortho intramolecular Hbond substituents is 2. The monoisotopic (exact) mass is 231 g/mol. The molecule has 0 bridgehead atoms. The highest BCUT2D eigenvalue weighted by atomic mass is 16.3. The predicted octanol–water partition coefficient (Wildman–Crippen LogP) is 1.76. The number of aliphatic hydroxyl groups excluding tert-OH is 1. The van der Waals surface area contributed by atoms with Gasteiger partial charge in [0.15, 0.2) is 0 Å². The molecule has 88 valence electrons. The maximum absolute atomic E-state index is 10.1. The predicted molar refractivity (Wildman–Crippen MR) is 64.7 cm³/mol. The summed E-state index contributed by atoms with van der Waals surface area (Å²) in [6.45, 7) is 0. The molecule has 1 atom stereocenters. The number of hydrogen-bond donors (Lipinski definition) is 4. The summed E-state index contributed by atoms with van der Waals surface area (Å²) >= 11 is 0. The Morgan fingerprint density at radius 1 is 0.941 bits per heavy atom. The van der Waals surface area contributed by atoms with Crippen LogP contribution in [0.4, 0.5) is 5.69 Å². The quantitative estimate of drug-likeness (QED) is 0.468. The van der Waals surface area contributed by atoms with Crippen LogP contribution in [0.15, 0.2) is 42.5 Å². The van der Waals surface area contributed by atoms with Crippen LogP contribution in [0.1, 0.15) is 17.2 Å². The highest BCUT2D eigenvalue weighted by Gasteiger charge is 2.16. The van der Waals surface area contributed by atoms with Crippen molar-refractivity contribution in [3.05, 3.63) is 53.6 Å². The number of hydrogen-bond acceptors (Lipinski definition) is 4. The maximum Gasteiger partial charge on any atom is 0.121 e. The zero-order valence-electron chi connectivity index (χ0n) is 9.04. The molecule has 17 heavy (non-hydrogen) atoms. The van der Waals surface area contributed by atoms with Crippen molar-refractivity contribution in [1.82, 2.24) is 0 Å². The largest absolute Gasteiger partial charge is 0.508 e. The van der Waals surface area contributed by atoms with Gasteiger partial charge < -0.3 is 21.1 Å². The summed E-state index contributed by atoms with van der Waals surface area (Å²) in [5.74, 6) is 0.00594. The van der Waals surface area contributed by atoms with Crippen molar-refractivity contribution < 1.29 is 15.3 Å². The number of nitrogens with two attached hydrogens (primary N) is 1. The van der Waals surface area contributed by atoms with E-state index in [0.29, 0.717) is 16.8 Å². The molecule has 0 heterocycles. The molecule has 0 saturated heterocycles. The van der Waals surface area contributed by atoms with Crippen molar-refractivity contribution >= 4 is 5.69 Å². The van der Waals surface area contributed by atoms with E-state index in [4.69, 9.17) is 5.73 Å². The zero-order valence-corrected chi connectivity index (χ0v) is 9.04. The van der Waals surface area contributed by atoms with Gasteiger partial charge in [-0.2, -0.15) is 0 Å². The molecular weight excluding hydrogens is 218 g/mol. The fourth-order valence-electron chi connectivity index (χ4n) is 1.69. The number of para-hydroxylation sites is 1. The summed E-state index contributed by atoms with van der Waals surface area (Å²) in [6, 6.07) is 10.8. The Hall–Kier alpha value is -2.20. The van der Waals surface area contributed by atoms with Crippen LogP contribution in [0.25, 0.3) is 0 Å². The van der Waals surface area contributed by atoms with Crippen LogP contribution >= 0.6 is 0 Å². The van der Waals surface area contributed by atoms with Gasteiger partial charge in [-0.05, 0) is 24.3 Å². The van der Waals surface area contributed by atoms with Crippen LogP contribution in [0.3, 0.4) is 0 Å². The maximum atomic E-state index is 10.1. The van der Waals surface area contributed by atoms with Crippen LogP contribution in [-0.2, 0) is 0 Å². The van der Waals surface area contributed by atoms with Crippen molar-refractivity contribution in [3.8, 4) is 11.5 Å². The molecule has 1 unspecified atom stereocenters. The summed E-state index contributed by atoms with van der Waals surface area (Å²) in [6.07, 6.45) is -1.07. The van der Waals surface area contributed by atoms with E-state index in [1.54, 1.807) is 18.2 Å². The van der Waals surface area contributed by atoms with Crippen LogP contribution in [0, 0.1) is 0 Å². The molecule has 0 aliphatic heterocycles. The summed E-state index contributed by atoms with van der Waals surface area (Å²) < 4.78 is 0. The normalized spacial score (nSPS) is 12.3. The molecule has 0 fully saturated rings. The van der Waals surface area contributed by atoms with Crippen molar-refractivity contribution in [1.29, 1.82) is 0 Å². The standard InChI is InChI=1S/C13H13NO3/c14-11-6-5-8(15)7-10(11)13(17)9-3-1-2-4-12(9)16/h1-7,13,15-17H,14H2. The van der Waals surface area contributed by atoms with Crippen molar-refractivity contribution in [2.45, 2.75) is 6.10 Å². The smallest absolute Gasteiger partial charge is 0.121 e. The lowest BCUT2D eigenvalue weighted by molar-refractivity contribution is 0.216. The second-order valence-corrected chi connectivity index (χ2v) is 3.77. The first-order valence-electron chi connectivity index (χ1n) is 5.14. The fraction of sp³-hybridized carbons (Fsp3) is 0.0769. The van der Waals surface area contributed by atoms with Crippen molar-refractivity contribution in [2.75, 3.05) is 5.73 Å². The average molecular weight is 231 g/mol. The lowest BCUT2D eigenvalue weighted by atomic mass is 9.99. The third-order valence-electron chi connectivity index (χ3n) is 2.60. The van der Waals surface area contributed by atoms with Gasteiger partial charge in [0.1, 0.15) is 17.6 Å². The second-order valence-electron chi connectivity index (χ2n) is 3.77. The van der Waals surface area contributed by atoms with E-state index >= 15 is 0 Å². The molecule has 0 aliphatic carbocycles. The SMILES string of the molecule is Nc1ccc(O)cc1C(O)c1ccccc1O. The molecule has 4 nitrogen and oxygen atoms in total. The molecule has 5 N–H and O–H groups in total. The first-order valence-corrected chi connectivity index (χ1v) is 5.14. The molecule has 0 saturated carbocycles. The van der Waals surface area contributed by atoms with E-state index in [2.05, 4.69) is 0 Å². The Kier molecular flexibility index (Phi) is 2.89. The van der Waals surface area contributed by atoms with Gasteiger partial charge in [0.05, 0.1) is 0 Å². The Bertz CT molecular complexity index is 540. The molecule has 0 aromatic heterocycles.